The highest BCUT2D eigenvalue weighted by molar-refractivity contribution is 6.30. The van der Waals surface area contributed by atoms with Crippen molar-refractivity contribution in [2.45, 2.75) is 6.04 Å². The molecule has 1 aromatic rings. The lowest BCUT2D eigenvalue weighted by molar-refractivity contribution is 0.427. The van der Waals surface area contributed by atoms with Crippen molar-refractivity contribution in [1.82, 2.24) is 0 Å². The number of halogens is 3. The third-order valence-corrected chi connectivity index (χ3v) is 1.76. The predicted octanol–water partition coefficient (Wildman–Crippen LogP) is 2.45. The molecule has 0 saturated heterocycles. The van der Waals surface area contributed by atoms with E-state index in [1.54, 1.807) is 0 Å². The molecule has 1 nitrogen and oxygen atoms in total. The summed E-state index contributed by atoms with van der Waals surface area (Å²) in [6.07, 6.45) is 0. The first-order valence-electron chi connectivity index (χ1n) is 3.41. The number of hydrogen-bond acceptors (Lipinski definition) is 1. The quantitative estimate of drug-likeness (QED) is 0.764. The molecule has 0 aliphatic rings. The highest BCUT2D eigenvalue weighted by Crippen LogP contribution is 2.19. The van der Waals surface area contributed by atoms with Crippen LogP contribution in [0.25, 0.3) is 0 Å². The maximum atomic E-state index is 12.9. The third kappa shape index (κ3) is 1.93. The lowest BCUT2D eigenvalue weighted by atomic mass is 10.1. The van der Waals surface area contributed by atoms with Gasteiger partial charge in [-0.2, -0.15) is 0 Å². The molecule has 1 aromatic carbocycles. The highest BCUT2D eigenvalue weighted by atomic mass is 35.5. The van der Waals surface area contributed by atoms with Gasteiger partial charge in [0.25, 0.3) is 0 Å². The second kappa shape index (κ2) is 3.83. The van der Waals surface area contributed by atoms with Crippen LogP contribution in [0, 0.1) is 5.82 Å². The van der Waals surface area contributed by atoms with Gasteiger partial charge in [-0.05, 0) is 18.2 Å². The van der Waals surface area contributed by atoms with E-state index in [9.17, 15) is 8.78 Å². The molecule has 0 unspecified atom stereocenters. The van der Waals surface area contributed by atoms with Crippen LogP contribution >= 0.6 is 11.6 Å². The molecule has 0 aromatic heterocycles. The van der Waals surface area contributed by atoms with Crippen molar-refractivity contribution < 1.29 is 8.78 Å². The number of nitrogens with two attached hydrogens (primary N) is 1. The Kier molecular flexibility index (Phi) is 3.00. The van der Waals surface area contributed by atoms with E-state index in [0.29, 0.717) is 5.02 Å². The number of alkyl halides is 1. The summed E-state index contributed by atoms with van der Waals surface area (Å²) in [7, 11) is 0. The molecule has 66 valence electrons. The zero-order valence-corrected chi connectivity index (χ0v) is 6.98. The molecule has 0 fully saturated rings. The van der Waals surface area contributed by atoms with Crippen LogP contribution in [0.4, 0.5) is 8.78 Å². The number of benzene rings is 1. The van der Waals surface area contributed by atoms with Crippen LogP contribution in [-0.4, -0.2) is 6.67 Å². The maximum Gasteiger partial charge on any atom is 0.128 e. The molecule has 1 atom stereocenters. The Labute approximate surface area is 74.1 Å². The van der Waals surface area contributed by atoms with E-state index in [4.69, 9.17) is 17.3 Å². The van der Waals surface area contributed by atoms with Gasteiger partial charge in [0.05, 0.1) is 6.04 Å². The average Bonchev–Trinajstić information content (AvgIpc) is 2.08. The number of rotatable bonds is 2. The first-order valence-corrected chi connectivity index (χ1v) is 3.79. The third-order valence-electron chi connectivity index (χ3n) is 1.52. The van der Waals surface area contributed by atoms with E-state index >= 15 is 0 Å². The van der Waals surface area contributed by atoms with Gasteiger partial charge in [-0.1, -0.05) is 11.6 Å². The van der Waals surface area contributed by atoms with Crippen LogP contribution in [-0.2, 0) is 0 Å². The summed E-state index contributed by atoms with van der Waals surface area (Å²) in [6.45, 7) is -0.794. The molecule has 2 N–H and O–H groups in total. The Hall–Kier alpha value is -0.670. The normalized spacial score (nSPS) is 13.0. The minimum absolute atomic E-state index is 0.116. The van der Waals surface area contributed by atoms with Gasteiger partial charge in [-0.3, -0.25) is 0 Å². The van der Waals surface area contributed by atoms with E-state index < -0.39 is 18.5 Å². The zero-order chi connectivity index (χ0) is 9.14. The van der Waals surface area contributed by atoms with E-state index in [0.717, 1.165) is 0 Å². The zero-order valence-electron chi connectivity index (χ0n) is 6.23. The van der Waals surface area contributed by atoms with Gasteiger partial charge in [-0.15, -0.1) is 0 Å². The topological polar surface area (TPSA) is 26.0 Å². The van der Waals surface area contributed by atoms with Crippen molar-refractivity contribution in [3.63, 3.8) is 0 Å². The Balaban J connectivity index is 3.04. The van der Waals surface area contributed by atoms with Crippen LogP contribution < -0.4 is 5.73 Å². The fourth-order valence-corrected chi connectivity index (χ4v) is 1.06. The predicted molar refractivity (Wildman–Crippen MR) is 44.3 cm³/mol. The Bertz CT molecular complexity index is 278. The standard InChI is InChI=1S/C8H8ClF2N/c9-5-1-2-7(11)6(3-5)8(12)4-10/h1-3,8H,4,12H2/t8-/m1/s1. The molecule has 0 saturated carbocycles. The Morgan fingerprint density at radius 2 is 2.17 bits per heavy atom. The molecular formula is C8H8ClF2N. The SMILES string of the molecule is N[C@H](CF)c1cc(Cl)ccc1F. The molecule has 0 bridgehead atoms. The van der Waals surface area contributed by atoms with E-state index in [1.165, 1.54) is 18.2 Å². The summed E-state index contributed by atoms with van der Waals surface area (Å²) in [5.74, 6) is -0.524. The summed E-state index contributed by atoms with van der Waals surface area (Å²) in [6, 6.07) is 2.98. The summed E-state index contributed by atoms with van der Waals surface area (Å²) >= 11 is 5.57. The summed E-state index contributed by atoms with van der Waals surface area (Å²) in [4.78, 5) is 0. The fraction of sp³-hybridized carbons (Fsp3) is 0.250. The summed E-state index contributed by atoms with van der Waals surface area (Å²) in [5.41, 5.74) is 5.41. The van der Waals surface area contributed by atoms with Gasteiger partial charge >= 0.3 is 0 Å². The van der Waals surface area contributed by atoms with Crippen LogP contribution in [0.15, 0.2) is 18.2 Å². The molecule has 12 heavy (non-hydrogen) atoms. The average molecular weight is 192 g/mol. The molecule has 0 spiro atoms. The lowest BCUT2D eigenvalue weighted by Crippen LogP contribution is -2.13. The second-order valence-electron chi connectivity index (χ2n) is 2.43. The van der Waals surface area contributed by atoms with Gasteiger partial charge in [0.15, 0.2) is 0 Å². The largest absolute Gasteiger partial charge is 0.322 e. The second-order valence-corrected chi connectivity index (χ2v) is 2.86. The van der Waals surface area contributed by atoms with Crippen molar-refractivity contribution in [2.24, 2.45) is 5.73 Å². The lowest BCUT2D eigenvalue weighted by Gasteiger charge is -2.08. The minimum Gasteiger partial charge on any atom is -0.322 e. The molecule has 4 heteroatoms. The summed E-state index contributed by atoms with van der Waals surface area (Å²) in [5, 5.41) is 0.357. The van der Waals surface area contributed by atoms with Crippen LogP contribution in [0.3, 0.4) is 0 Å². The molecule has 0 radical (unpaired) electrons. The molecular weight excluding hydrogens is 184 g/mol. The first-order chi connectivity index (χ1) is 5.65. The van der Waals surface area contributed by atoms with Crippen LogP contribution in [0.5, 0.6) is 0 Å². The van der Waals surface area contributed by atoms with Gasteiger partial charge in [0, 0.05) is 10.6 Å². The first kappa shape index (κ1) is 9.42. The van der Waals surface area contributed by atoms with E-state index in [1.807, 2.05) is 0 Å². The van der Waals surface area contributed by atoms with Crippen molar-refractivity contribution in [2.75, 3.05) is 6.67 Å². The minimum atomic E-state index is -0.927. The molecule has 0 aliphatic carbocycles. The van der Waals surface area contributed by atoms with Crippen molar-refractivity contribution in [3.8, 4) is 0 Å². The van der Waals surface area contributed by atoms with Crippen LogP contribution in [0.2, 0.25) is 5.02 Å². The molecule has 1 rings (SSSR count). The molecule has 0 amide bonds. The maximum absolute atomic E-state index is 12.9. The Morgan fingerprint density at radius 1 is 1.50 bits per heavy atom. The summed E-state index contributed by atoms with van der Waals surface area (Å²) < 4.78 is 25.0. The van der Waals surface area contributed by atoms with Gasteiger partial charge in [-0.25, -0.2) is 8.78 Å². The molecule has 0 heterocycles. The Morgan fingerprint density at radius 3 is 2.75 bits per heavy atom. The van der Waals surface area contributed by atoms with E-state index in [-0.39, 0.29) is 5.56 Å². The van der Waals surface area contributed by atoms with Crippen molar-refractivity contribution in [3.05, 3.63) is 34.6 Å². The smallest absolute Gasteiger partial charge is 0.128 e. The van der Waals surface area contributed by atoms with Gasteiger partial charge in [0.1, 0.15) is 12.5 Å². The van der Waals surface area contributed by atoms with E-state index in [2.05, 4.69) is 0 Å². The van der Waals surface area contributed by atoms with Gasteiger partial charge < -0.3 is 5.73 Å². The monoisotopic (exact) mass is 191 g/mol. The highest BCUT2D eigenvalue weighted by Gasteiger charge is 2.10. The van der Waals surface area contributed by atoms with Crippen LogP contribution in [0.1, 0.15) is 11.6 Å². The molecule has 0 aliphatic heterocycles. The number of hydrogen-bond donors (Lipinski definition) is 1. The fourth-order valence-electron chi connectivity index (χ4n) is 0.882. The van der Waals surface area contributed by atoms with Crippen molar-refractivity contribution >= 4 is 11.6 Å². The van der Waals surface area contributed by atoms with Crippen molar-refractivity contribution in [1.29, 1.82) is 0 Å². The van der Waals surface area contributed by atoms with Gasteiger partial charge in [0.2, 0.25) is 0 Å².